The van der Waals surface area contributed by atoms with E-state index in [0.29, 0.717) is 23.3 Å². The van der Waals surface area contributed by atoms with Crippen LogP contribution in [0.15, 0.2) is 35.8 Å². The van der Waals surface area contributed by atoms with Crippen molar-refractivity contribution in [1.82, 2.24) is 29.9 Å². The van der Waals surface area contributed by atoms with Crippen LogP contribution >= 0.6 is 0 Å². The summed E-state index contributed by atoms with van der Waals surface area (Å²) in [6, 6.07) is 1.60. The number of nitrogens with zero attached hydrogens (tertiary/aromatic N) is 5. The van der Waals surface area contributed by atoms with Crippen LogP contribution in [0.1, 0.15) is 0 Å². The molecule has 9 nitrogen and oxygen atoms in total. The molecule has 0 spiro atoms. The molecule has 9 heteroatoms. The number of aliphatic hydroxyl groups is 1. The highest BCUT2D eigenvalue weighted by atomic mass is 16.3. The zero-order valence-electron chi connectivity index (χ0n) is 11.0. The molecule has 0 radical (unpaired) electrons. The molecular weight excluding hydrogens is 274 g/mol. The maximum absolute atomic E-state index is 11.7. The molecule has 0 aliphatic heterocycles. The number of nitrogens with one attached hydrogen (secondary N) is 2. The van der Waals surface area contributed by atoms with E-state index < -0.39 is 6.10 Å². The van der Waals surface area contributed by atoms with Gasteiger partial charge in [-0.3, -0.25) is 4.79 Å². The fourth-order valence-corrected chi connectivity index (χ4v) is 1.96. The summed E-state index contributed by atoms with van der Waals surface area (Å²) in [5.74, 6) is 0.455. The van der Waals surface area contributed by atoms with Crippen molar-refractivity contribution in [3.8, 4) is 0 Å². The van der Waals surface area contributed by atoms with Crippen molar-refractivity contribution in [2.75, 3.05) is 11.9 Å². The number of pyridine rings is 1. The van der Waals surface area contributed by atoms with Crippen LogP contribution in [0.5, 0.6) is 0 Å². The van der Waals surface area contributed by atoms with Crippen molar-refractivity contribution in [1.29, 1.82) is 0 Å². The molecule has 0 bridgehead atoms. The maximum atomic E-state index is 11.7. The maximum Gasteiger partial charge on any atom is 0.258 e. The molecule has 3 heterocycles. The molecule has 0 aliphatic rings. The third-order valence-electron chi connectivity index (χ3n) is 2.93. The highest BCUT2D eigenvalue weighted by Gasteiger charge is 2.09. The van der Waals surface area contributed by atoms with Crippen molar-refractivity contribution >= 4 is 16.7 Å². The van der Waals surface area contributed by atoms with Gasteiger partial charge in [0.1, 0.15) is 5.52 Å². The predicted molar refractivity (Wildman–Crippen MR) is 74.7 cm³/mol. The summed E-state index contributed by atoms with van der Waals surface area (Å²) >= 11 is 0. The third-order valence-corrected chi connectivity index (χ3v) is 2.93. The lowest BCUT2D eigenvalue weighted by atomic mass is 10.3. The van der Waals surface area contributed by atoms with Gasteiger partial charge in [0, 0.05) is 18.9 Å². The molecule has 0 amide bonds. The monoisotopic (exact) mass is 287 g/mol. The minimum Gasteiger partial charge on any atom is -0.389 e. The van der Waals surface area contributed by atoms with E-state index in [9.17, 15) is 9.90 Å². The third kappa shape index (κ3) is 2.87. The van der Waals surface area contributed by atoms with Crippen LogP contribution in [0.4, 0.5) is 5.82 Å². The largest absolute Gasteiger partial charge is 0.389 e. The molecule has 0 aromatic carbocycles. The first-order chi connectivity index (χ1) is 10.2. The van der Waals surface area contributed by atoms with Gasteiger partial charge in [-0.25, -0.2) is 14.6 Å². The summed E-state index contributed by atoms with van der Waals surface area (Å²) in [6.45, 7) is 0.562. The average Bonchev–Trinajstić information content (AvgIpc) is 2.98. The number of anilines is 1. The van der Waals surface area contributed by atoms with Crippen LogP contribution in [0.2, 0.25) is 0 Å². The zero-order valence-corrected chi connectivity index (χ0v) is 11.0. The van der Waals surface area contributed by atoms with E-state index in [-0.39, 0.29) is 12.1 Å². The summed E-state index contributed by atoms with van der Waals surface area (Å²) in [7, 11) is 0. The van der Waals surface area contributed by atoms with Gasteiger partial charge < -0.3 is 15.4 Å². The second kappa shape index (κ2) is 5.67. The van der Waals surface area contributed by atoms with E-state index in [1.54, 1.807) is 18.5 Å². The van der Waals surface area contributed by atoms with E-state index >= 15 is 0 Å². The first-order valence-electron chi connectivity index (χ1n) is 6.32. The Labute approximate surface area is 118 Å². The van der Waals surface area contributed by atoms with Gasteiger partial charge in [0.15, 0.2) is 5.82 Å². The van der Waals surface area contributed by atoms with Crippen molar-refractivity contribution in [2.24, 2.45) is 0 Å². The van der Waals surface area contributed by atoms with Crippen LogP contribution in [0.3, 0.4) is 0 Å². The lowest BCUT2D eigenvalue weighted by Gasteiger charge is -2.12. The molecule has 0 saturated carbocycles. The molecule has 3 aromatic rings. The van der Waals surface area contributed by atoms with Crippen LogP contribution in [-0.4, -0.2) is 47.7 Å². The quantitative estimate of drug-likeness (QED) is 0.571. The number of H-pyrrole nitrogens is 1. The molecule has 0 fully saturated rings. The lowest BCUT2D eigenvalue weighted by molar-refractivity contribution is 0.160. The van der Waals surface area contributed by atoms with Crippen LogP contribution in [0.25, 0.3) is 10.9 Å². The zero-order chi connectivity index (χ0) is 14.7. The van der Waals surface area contributed by atoms with Gasteiger partial charge in [0.05, 0.1) is 30.6 Å². The Bertz CT molecular complexity index is 784. The fraction of sp³-hybridized carbons (Fsp3) is 0.250. The molecule has 1 unspecified atom stereocenters. The first-order valence-corrected chi connectivity index (χ1v) is 6.32. The lowest BCUT2D eigenvalue weighted by Crippen LogP contribution is -2.25. The minimum absolute atomic E-state index is 0.228. The van der Waals surface area contributed by atoms with Gasteiger partial charge in [0.25, 0.3) is 5.56 Å². The van der Waals surface area contributed by atoms with E-state index in [4.69, 9.17) is 0 Å². The van der Waals surface area contributed by atoms with Crippen molar-refractivity contribution in [2.45, 2.75) is 12.6 Å². The van der Waals surface area contributed by atoms with E-state index in [2.05, 4.69) is 30.6 Å². The molecule has 3 N–H and O–H groups in total. The second-order valence-corrected chi connectivity index (χ2v) is 4.45. The van der Waals surface area contributed by atoms with Gasteiger partial charge in [-0.2, -0.15) is 0 Å². The van der Waals surface area contributed by atoms with Gasteiger partial charge >= 0.3 is 0 Å². The van der Waals surface area contributed by atoms with Gasteiger partial charge in [-0.15, -0.1) is 5.10 Å². The number of aromatic nitrogens is 6. The highest BCUT2D eigenvalue weighted by Crippen LogP contribution is 2.14. The van der Waals surface area contributed by atoms with Gasteiger partial charge in [-0.05, 0) is 6.07 Å². The predicted octanol–water partition coefficient (Wildman–Crippen LogP) is -0.617. The molecular formula is C12H13N7O2. The summed E-state index contributed by atoms with van der Waals surface area (Å²) in [4.78, 5) is 22.4. The van der Waals surface area contributed by atoms with E-state index in [1.165, 1.54) is 17.2 Å². The van der Waals surface area contributed by atoms with Crippen molar-refractivity contribution in [3.05, 3.63) is 41.3 Å². The standard InChI is InChI=1S/C12H13N7O2/c20-8(6-19-4-3-17-18-19)5-14-11-10-9(1-2-13-11)12(21)16-7-15-10/h1-4,7-8,20H,5-6H2,(H,13,14)(H,15,16,21). The Balaban J connectivity index is 1.73. The summed E-state index contributed by atoms with van der Waals surface area (Å²) in [6.07, 6.45) is 5.38. The molecule has 3 rings (SSSR count). The summed E-state index contributed by atoms with van der Waals surface area (Å²) in [5.41, 5.74) is 0.239. The smallest absolute Gasteiger partial charge is 0.258 e. The SMILES string of the molecule is O=c1[nH]cnc2c(NCC(O)Cn3ccnn3)nccc12. The Morgan fingerprint density at radius 3 is 3.10 bits per heavy atom. The molecule has 0 aliphatic carbocycles. The van der Waals surface area contributed by atoms with Crippen LogP contribution in [0, 0.1) is 0 Å². The number of hydrogen-bond acceptors (Lipinski definition) is 7. The number of hydrogen-bond donors (Lipinski definition) is 3. The van der Waals surface area contributed by atoms with Gasteiger partial charge in [0.2, 0.25) is 0 Å². The number of fused-ring (bicyclic) bond motifs is 1. The Kier molecular flexibility index (Phi) is 3.56. The van der Waals surface area contributed by atoms with E-state index in [0.717, 1.165) is 0 Å². The Morgan fingerprint density at radius 1 is 1.38 bits per heavy atom. The highest BCUT2D eigenvalue weighted by molar-refractivity contribution is 5.86. The van der Waals surface area contributed by atoms with E-state index in [1.807, 2.05) is 0 Å². The second-order valence-electron chi connectivity index (χ2n) is 4.45. The molecule has 0 saturated heterocycles. The Hall–Kier alpha value is -2.81. The number of aromatic amines is 1. The van der Waals surface area contributed by atoms with Crippen molar-refractivity contribution < 1.29 is 5.11 Å². The average molecular weight is 287 g/mol. The normalized spacial score (nSPS) is 12.4. The number of rotatable bonds is 5. The number of aliphatic hydroxyl groups excluding tert-OH is 1. The molecule has 3 aromatic heterocycles. The Morgan fingerprint density at radius 2 is 2.29 bits per heavy atom. The first kappa shape index (κ1) is 13.2. The van der Waals surface area contributed by atoms with Crippen LogP contribution < -0.4 is 10.9 Å². The van der Waals surface area contributed by atoms with Crippen LogP contribution in [-0.2, 0) is 6.54 Å². The minimum atomic E-state index is -0.675. The molecule has 21 heavy (non-hydrogen) atoms. The fourth-order valence-electron chi connectivity index (χ4n) is 1.96. The van der Waals surface area contributed by atoms with Crippen molar-refractivity contribution in [3.63, 3.8) is 0 Å². The summed E-state index contributed by atoms with van der Waals surface area (Å²) in [5, 5.41) is 20.8. The topological polar surface area (TPSA) is 122 Å². The molecule has 108 valence electrons. The molecule has 1 atom stereocenters. The summed E-state index contributed by atoms with van der Waals surface area (Å²) < 4.78 is 1.53. The van der Waals surface area contributed by atoms with Gasteiger partial charge in [-0.1, -0.05) is 5.21 Å².